The maximum atomic E-state index is 12.2. The number of carbonyl (C=O) groups excluding carboxylic acids is 1. The van der Waals surface area contributed by atoms with Gasteiger partial charge in [-0.25, -0.2) is 0 Å². The van der Waals surface area contributed by atoms with E-state index in [1.54, 1.807) is 6.07 Å². The molecule has 2 saturated heterocycles. The highest BCUT2D eigenvalue weighted by atomic mass is 35.5. The monoisotopic (exact) mass is 318 g/mol. The van der Waals surface area contributed by atoms with Crippen molar-refractivity contribution in [2.45, 2.75) is 18.8 Å². The molecular weight excluding hydrogens is 306 g/mol. The summed E-state index contributed by atoms with van der Waals surface area (Å²) < 4.78 is 34.0. The van der Waals surface area contributed by atoms with E-state index in [0.29, 0.717) is 19.8 Å². The standard InChI is InChI=1S/C13H13ClF2N2O3/c14-8-5-7(1-2-10(8)21-13(15)16)11-17-12(19)9-6-20-4-3-18(9)11/h1-2,5,9,11,13H,3-4,6H2,(H,17,19). The summed E-state index contributed by atoms with van der Waals surface area (Å²) in [6.45, 7) is -1.42. The average Bonchev–Trinajstić information content (AvgIpc) is 2.79. The van der Waals surface area contributed by atoms with Gasteiger partial charge in [0.15, 0.2) is 0 Å². The Morgan fingerprint density at radius 1 is 1.48 bits per heavy atom. The number of ether oxygens (including phenoxy) is 2. The number of hydrogen-bond acceptors (Lipinski definition) is 4. The van der Waals surface area contributed by atoms with Crippen LogP contribution >= 0.6 is 11.6 Å². The van der Waals surface area contributed by atoms with E-state index in [0.717, 1.165) is 5.56 Å². The zero-order valence-corrected chi connectivity index (χ0v) is 11.6. The lowest BCUT2D eigenvalue weighted by Gasteiger charge is -2.31. The zero-order chi connectivity index (χ0) is 15.0. The molecule has 1 aromatic carbocycles. The second kappa shape index (κ2) is 5.75. The molecular formula is C13H13ClF2N2O3. The Balaban J connectivity index is 1.83. The summed E-state index contributed by atoms with van der Waals surface area (Å²) in [5.74, 6) is -0.193. The quantitative estimate of drug-likeness (QED) is 0.923. The second-order valence-electron chi connectivity index (χ2n) is 4.81. The topological polar surface area (TPSA) is 50.8 Å². The van der Waals surface area contributed by atoms with Gasteiger partial charge in [-0.1, -0.05) is 17.7 Å². The third-order valence-electron chi connectivity index (χ3n) is 3.57. The maximum absolute atomic E-state index is 12.2. The minimum Gasteiger partial charge on any atom is -0.433 e. The number of alkyl halides is 2. The van der Waals surface area contributed by atoms with Crippen molar-refractivity contribution in [3.8, 4) is 5.75 Å². The number of fused-ring (bicyclic) bond motifs is 1. The third-order valence-corrected chi connectivity index (χ3v) is 3.87. The smallest absolute Gasteiger partial charge is 0.387 e. The number of nitrogens with zero attached hydrogens (tertiary/aromatic N) is 1. The number of nitrogens with one attached hydrogen (secondary N) is 1. The SMILES string of the molecule is O=C1NC(c2ccc(OC(F)F)c(Cl)c2)N2CCOCC12. The van der Waals surface area contributed by atoms with Crippen molar-refractivity contribution < 1.29 is 23.0 Å². The van der Waals surface area contributed by atoms with Crippen molar-refractivity contribution >= 4 is 17.5 Å². The normalized spacial score (nSPS) is 25.8. The van der Waals surface area contributed by atoms with Crippen molar-refractivity contribution in [2.24, 2.45) is 0 Å². The first-order valence-corrected chi connectivity index (χ1v) is 6.82. The molecule has 5 nitrogen and oxygen atoms in total. The minimum atomic E-state index is -2.93. The molecule has 0 radical (unpaired) electrons. The van der Waals surface area contributed by atoms with Crippen LogP contribution in [-0.2, 0) is 9.53 Å². The third kappa shape index (κ3) is 2.81. The van der Waals surface area contributed by atoms with E-state index in [2.05, 4.69) is 10.1 Å². The lowest BCUT2D eigenvalue weighted by molar-refractivity contribution is -0.125. The molecule has 8 heteroatoms. The second-order valence-corrected chi connectivity index (χ2v) is 5.22. The summed E-state index contributed by atoms with van der Waals surface area (Å²) in [4.78, 5) is 13.9. The molecule has 2 aliphatic rings. The van der Waals surface area contributed by atoms with E-state index >= 15 is 0 Å². The Kier molecular flexibility index (Phi) is 3.97. The molecule has 0 saturated carbocycles. The van der Waals surface area contributed by atoms with Gasteiger partial charge in [0.2, 0.25) is 5.91 Å². The van der Waals surface area contributed by atoms with Crippen LogP contribution in [0.3, 0.4) is 0 Å². The van der Waals surface area contributed by atoms with Crippen LogP contribution in [0.4, 0.5) is 8.78 Å². The molecule has 114 valence electrons. The molecule has 3 rings (SSSR count). The summed E-state index contributed by atoms with van der Waals surface area (Å²) in [6, 6.07) is 4.21. The average molecular weight is 319 g/mol. The first-order chi connectivity index (χ1) is 10.1. The Hall–Kier alpha value is -1.44. The van der Waals surface area contributed by atoms with E-state index in [1.807, 2.05) is 4.90 Å². The Bertz CT molecular complexity index is 558. The van der Waals surface area contributed by atoms with Crippen molar-refractivity contribution in [1.82, 2.24) is 10.2 Å². The van der Waals surface area contributed by atoms with E-state index in [1.165, 1.54) is 12.1 Å². The van der Waals surface area contributed by atoms with Crippen LogP contribution in [0.1, 0.15) is 11.7 Å². The number of morpholine rings is 1. The molecule has 1 N–H and O–H groups in total. The Labute approximate surface area is 124 Å². The molecule has 2 aliphatic heterocycles. The maximum Gasteiger partial charge on any atom is 0.387 e. The fraction of sp³-hybridized carbons (Fsp3) is 0.462. The molecule has 2 heterocycles. The predicted octanol–water partition coefficient (Wildman–Crippen LogP) is 1.77. The molecule has 2 fully saturated rings. The van der Waals surface area contributed by atoms with Crippen LogP contribution in [-0.4, -0.2) is 43.2 Å². The first-order valence-electron chi connectivity index (χ1n) is 6.44. The van der Waals surface area contributed by atoms with Gasteiger partial charge in [-0.3, -0.25) is 9.69 Å². The summed E-state index contributed by atoms with van der Waals surface area (Å²) in [5, 5.41) is 2.94. The van der Waals surface area contributed by atoms with E-state index < -0.39 is 6.61 Å². The Morgan fingerprint density at radius 3 is 3.00 bits per heavy atom. The zero-order valence-electron chi connectivity index (χ0n) is 10.9. The van der Waals surface area contributed by atoms with Gasteiger partial charge in [-0.2, -0.15) is 8.78 Å². The fourth-order valence-corrected chi connectivity index (χ4v) is 2.85. The van der Waals surface area contributed by atoms with Gasteiger partial charge in [-0.15, -0.1) is 0 Å². The van der Waals surface area contributed by atoms with Crippen molar-refractivity contribution in [3.63, 3.8) is 0 Å². The largest absolute Gasteiger partial charge is 0.433 e. The summed E-state index contributed by atoms with van der Waals surface area (Å²) in [5.41, 5.74) is 0.722. The molecule has 0 aliphatic carbocycles. The molecule has 0 bridgehead atoms. The van der Waals surface area contributed by atoms with Gasteiger partial charge in [-0.05, 0) is 17.7 Å². The van der Waals surface area contributed by atoms with Crippen molar-refractivity contribution in [2.75, 3.05) is 19.8 Å². The van der Waals surface area contributed by atoms with Crippen molar-refractivity contribution in [1.29, 1.82) is 0 Å². The minimum absolute atomic E-state index is 0.0822. The Morgan fingerprint density at radius 2 is 2.29 bits per heavy atom. The van der Waals surface area contributed by atoms with Gasteiger partial charge < -0.3 is 14.8 Å². The molecule has 2 unspecified atom stereocenters. The van der Waals surface area contributed by atoms with E-state index in [9.17, 15) is 13.6 Å². The first kappa shape index (κ1) is 14.5. The van der Waals surface area contributed by atoms with E-state index in [4.69, 9.17) is 16.3 Å². The molecule has 1 amide bonds. The highest BCUT2D eigenvalue weighted by Crippen LogP contribution is 2.33. The van der Waals surface area contributed by atoms with Crippen molar-refractivity contribution in [3.05, 3.63) is 28.8 Å². The van der Waals surface area contributed by atoms with Gasteiger partial charge in [0, 0.05) is 6.54 Å². The fourth-order valence-electron chi connectivity index (χ4n) is 2.62. The van der Waals surface area contributed by atoms with Crippen LogP contribution in [0.2, 0.25) is 5.02 Å². The number of amides is 1. The van der Waals surface area contributed by atoms with Crippen LogP contribution in [0.15, 0.2) is 18.2 Å². The summed E-state index contributed by atoms with van der Waals surface area (Å²) >= 11 is 5.95. The molecule has 0 spiro atoms. The molecule has 0 aromatic heterocycles. The van der Waals surface area contributed by atoms with Crippen LogP contribution in [0.5, 0.6) is 5.75 Å². The predicted molar refractivity (Wildman–Crippen MR) is 70.3 cm³/mol. The number of hydrogen-bond donors (Lipinski definition) is 1. The number of rotatable bonds is 3. The van der Waals surface area contributed by atoms with Gasteiger partial charge >= 0.3 is 6.61 Å². The van der Waals surface area contributed by atoms with Crippen LogP contribution in [0, 0.1) is 0 Å². The molecule has 2 atom stereocenters. The highest BCUT2D eigenvalue weighted by molar-refractivity contribution is 6.32. The van der Waals surface area contributed by atoms with Gasteiger partial charge in [0.1, 0.15) is 18.0 Å². The molecule has 21 heavy (non-hydrogen) atoms. The summed E-state index contributed by atoms with van der Waals surface area (Å²) in [6.07, 6.45) is -0.329. The van der Waals surface area contributed by atoms with Gasteiger partial charge in [0.05, 0.1) is 18.2 Å². The lowest BCUT2D eigenvalue weighted by atomic mass is 10.1. The highest BCUT2D eigenvalue weighted by Gasteiger charge is 2.42. The number of halogens is 3. The van der Waals surface area contributed by atoms with Gasteiger partial charge in [0.25, 0.3) is 0 Å². The van der Waals surface area contributed by atoms with E-state index in [-0.39, 0.29) is 28.9 Å². The number of carbonyl (C=O) groups is 1. The summed E-state index contributed by atoms with van der Waals surface area (Å²) in [7, 11) is 0. The molecule has 1 aromatic rings. The number of benzene rings is 1. The van der Waals surface area contributed by atoms with Crippen LogP contribution in [0.25, 0.3) is 0 Å². The van der Waals surface area contributed by atoms with Crippen LogP contribution < -0.4 is 10.1 Å². The lowest BCUT2D eigenvalue weighted by Crippen LogP contribution is -2.44.